The molecule has 1 aromatic heterocycles. The summed E-state index contributed by atoms with van der Waals surface area (Å²) < 4.78 is 14.0. The number of anilines is 1. The average Bonchev–Trinajstić information content (AvgIpc) is 2.99. The molecule has 1 aliphatic heterocycles. The van der Waals surface area contributed by atoms with Crippen LogP contribution in [-0.2, 0) is 4.79 Å². The van der Waals surface area contributed by atoms with Gasteiger partial charge in [-0.3, -0.25) is 9.69 Å². The Morgan fingerprint density at radius 1 is 1.60 bits per heavy atom. The number of carbonyl (C=O) groups is 1. The molecule has 0 radical (unpaired) electrons. The van der Waals surface area contributed by atoms with Gasteiger partial charge in [0.05, 0.1) is 10.2 Å². The zero-order valence-corrected chi connectivity index (χ0v) is 11.2. The molecule has 0 spiro atoms. The molecule has 1 fully saturated rings. The van der Waals surface area contributed by atoms with E-state index in [1.165, 1.54) is 23.5 Å². The summed E-state index contributed by atoms with van der Waals surface area (Å²) in [7, 11) is 0. The number of amides is 1. The number of halogens is 1. The van der Waals surface area contributed by atoms with Crippen molar-refractivity contribution in [2.75, 3.05) is 18.0 Å². The molecular weight excluding hydrogens is 281 g/mol. The fraction of sp³-hybridized carbons (Fsp3) is 0.333. The number of rotatable bonds is 3. The Hall–Kier alpha value is -2.18. The van der Waals surface area contributed by atoms with Crippen molar-refractivity contribution in [2.24, 2.45) is 11.0 Å². The predicted octanol–water partition coefficient (Wildman–Crippen LogP) is 3.10. The van der Waals surface area contributed by atoms with Crippen LogP contribution in [0.2, 0.25) is 0 Å². The molecule has 0 bridgehead atoms. The van der Waals surface area contributed by atoms with E-state index < -0.39 is 0 Å². The Bertz CT molecular complexity index is 724. The molecule has 1 aromatic carbocycles. The summed E-state index contributed by atoms with van der Waals surface area (Å²) in [6.07, 6.45) is 0.351. The standard InChI is InChI=1S/C12H10FN5OS/c13-8-1-2-10-9(4-8)16-12(20-10)18-6-7(3-11(18)19)5-15-17-14/h1-2,4,7H,3,5-6H2. The summed E-state index contributed by atoms with van der Waals surface area (Å²) in [4.78, 5) is 20.6. The fourth-order valence-corrected chi connectivity index (χ4v) is 3.22. The number of thiazole rings is 1. The van der Waals surface area contributed by atoms with Gasteiger partial charge in [-0.25, -0.2) is 9.37 Å². The number of aromatic nitrogens is 1. The maximum Gasteiger partial charge on any atom is 0.229 e. The van der Waals surface area contributed by atoms with Crippen LogP contribution in [0.1, 0.15) is 6.42 Å². The minimum atomic E-state index is -0.344. The summed E-state index contributed by atoms with van der Waals surface area (Å²) in [5, 5.41) is 4.07. The maximum absolute atomic E-state index is 13.1. The summed E-state index contributed by atoms with van der Waals surface area (Å²) in [6, 6.07) is 4.39. The van der Waals surface area contributed by atoms with E-state index in [1.807, 2.05) is 0 Å². The highest BCUT2D eigenvalue weighted by Crippen LogP contribution is 2.33. The number of hydrogen-bond acceptors (Lipinski definition) is 4. The van der Waals surface area contributed by atoms with Gasteiger partial charge in [0, 0.05) is 30.5 Å². The first-order valence-electron chi connectivity index (χ1n) is 6.04. The van der Waals surface area contributed by atoms with Crippen LogP contribution in [0.25, 0.3) is 20.7 Å². The van der Waals surface area contributed by atoms with E-state index in [0.717, 1.165) is 4.70 Å². The van der Waals surface area contributed by atoms with Gasteiger partial charge >= 0.3 is 0 Å². The van der Waals surface area contributed by atoms with E-state index in [9.17, 15) is 9.18 Å². The number of fused-ring (bicyclic) bond motifs is 1. The molecule has 1 aliphatic rings. The SMILES string of the molecule is [N-]=[N+]=NCC1CC(=O)N(c2nc3cc(F)ccc3s2)C1. The Balaban J connectivity index is 1.87. The number of nitrogens with zero attached hydrogens (tertiary/aromatic N) is 5. The van der Waals surface area contributed by atoms with Gasteiger partial charge in [-0.05, 0) is 23.6 Å². The van der Waals surface area contributed by atoms with Crippen LogP contribution in [-0.4, -0.2) is 24.0 Å². The van der Waals surface area contributed by atoms with Crippen LogP contribution in [0.15, 0.2) is 23.3 Å². The van der Waals surface area contributed by atoms with Crippen molar-refractivity contribution in [3.8, 4) is 0 Å². The second-order valence-electron chi connectivity index (χ2n) is 4.60. The van der Waals surface area contributed by atoms with Crippen LogP contribution in [0.4, 0.5) is 9.52 Å². The minimum absolute atomic E-state index is 0.0159. The van der Waals surface area contributed by atoms with Gasteiger partial charge in [-0.2, -0.15) is 0 Å². The minimum Gasteiger partial charge on any atom is -0.288 e. The summed E-state index contributed by atoms with van der Waals surface area (Å²) in [6.45, 7) is 0.790. The first-order chi connectivity index (χ1) is 9.67. The molecule has 0 saturated carbocycles. The summed E-state index contributed by atoms with van der Waals surface area (Å²) >= 11 is 1.36. The highest BCUT2D eigenvalue weighted by molar-refractivity contribution is 7.22. The van der Waals surface area contributed by atoms with E-state index in [2.05, 4.69) is 15.0 Å². The van der Waals surface area contributed by atoms with Crippen molar-refractivity contribution >= 4 is 32.6 Å². The summed E-state index contributed by atoms with van der Waals surface area (Å²) in [5.41, 5.74) is 8.86. The average molecular weight is 291 g/mol. The van der Waals surface area contributed by atoms with Crippen molar-refractivity contribution < 1.29 is 9.18 Å². The van der Waals surface area contributed by atoms with Crippen LogP contribution in [0, 0.1) is 11.7 Å². The third-order valence-electron chi connectivity index (χ3n) is 3.18. The van der Waals surface area contributed by atoms with E-state index in [-0.39, 0.29) is 17.6 Å². The monoisotopic (exact) mass is 291 g/mol. The molecule has 1 amide bonds. The van der Waals surface area contributed by atoms with Crippen molar-refractivity contribution in [3.05, 3.63) is 34.5 Å². The second kappa shape index (κ2) is 5.07. The summed E-state index contributed by atoms with van der Waals surface area (Å²) in [5.74, 6) is -0.367. The highest BCUT2D eigenvalue weighted by Gasteiger charge is 2.31. The molecule has 3 rings (SSSR count). The second-order valence-corrected chi connectivity index (χ2v) is 5.61. The van der Waals surface area contributed by atoms with Crippen molar-refractivity contribution in [2.45, 2.75) is 6.42 Å². The molecule has 1 atom stereocenters. The first kappa shape index (κ1) is 12.8. The van der Waals surface area contributed by atoms with Crippen LogP contribution in [0.5, 0.6) is 0 Å². The van der Waals surface area contributed by atoms with Gasteiger partial charge in [-0.15, -0.1) is 0 Å². The number of carbonyl (C=O) groups excluding carboxylic acids is 1. The van der Waals surface area contributed by atoms with Crippen LogP contribution < -0.4 is 4.90 Å². The Morgan fingerprint density at radius 2 is 2.45 bits per heavy atom. The van der Waals surface area contributed by atoms with Crippen LogP contribution in [0.3, 0.4) is 0 Å². The Labute approximate surface area is 117 Å². The lowest BCUT2D eigenvalue weighted by Crippen LogP contribution is -2.24. The fourth-order valence-electron chi connectivity index (χ4n) is 2.24. The molecule has 1 saturated heterocycles. The third kappa shape index (κ3) is 2.31. The largest absolute Gasteiger partial charge is 0.288 e. The lowest BCUT2D eigenvalue weighted by atomic mass is 10.1. The van der Waals surface area contributed by atoms with Gasteiger partial charge < -0.3 is 0 Å². The first-order valence-corrected chi connectivity index (χ1v) is 6.86. The van der Waals surface area contributed by atoms with Gasteiger partial charge in [0.1, 0.15) is 5.82 Å². The van der Waals surface area contributed by atoms with Crippen molar-refractivity contribution in [3.63, 3.8) is 0 Å². The zero-order chi connectivity index (χ0) is 14.1. The molecule has 0 N–H and O–H groups in total. The van der Waals surface area contributed by atoms with E-state index in [0.29, 0.717) is 30.2 Å². The molecule has 6 nitrogen and oxygen atoms in total. The smallest absolute Gasteiger partial charge is 0.229 e. The Kier molecular flexibility index (Phi) is 3.25. The quantitative estimate of drug-likeness (QED) is 0.494. The van der Waals surface area contributed by atoms with Crippen molar-refractivity contribution in [1.29, 1.82) is 0 Å². The van der Waals surface area contributed by atoms with Crippen molar-refractivity contribution in [1.82, 2.24) is 4.98 Å². The third-order valence-corrected chi connectivity index (χ3v) is 4.24. The number of azide groups is 1. The topological polar surface area (TPSA) is 82.0 Å². The zero-order valence-electron chi connectivity index (χ0n) is 10.4. The molecule has 20 heavy (non-hydrogen) atoms. The molecule has 8 heteroatoms. The number of hydrogen-bond donors (Lipinski definition) is 0. The number of benzene rings is 1. The van der Waals surface area contributed by atoms with Gasteiger partial charge in [0.15, 0.2) is 5.13 Å². The lowest BCUT2D eigenvalue weighted by molar-refractivity contribution is -0.117. The molecular formula is C12H10FN5OS. The molecule has 2 aromatic rings. The molecule has 2 heterocycles. The molecule has 1 unspecified atom stereocenters. The van der Waals surface area contributed by atoms with Gasteiger partial charge in [-0.1, -0.05) is 16.5 Å². The lowest BCUT2D eigenvalue weighted by Gasteiger charge is -2.11. The van der Waals surface area contributed by atoms with E-state index in [4.69, 9.17) is 5.53 Å². The van der Waals surface area contributed by atoms with E-state index in [1.54, 1.807) is 11.0 Å². The van der Waals surface area contributed by atoms with Gasteiger partial charge in [0.2, 0.25) is 5.91 Å². The Morgan fingerprint density at radius 3 is 3.25 bits per heavy atom. The highest BCUT2D eigenvalue weighted by atomic mass is 32.1. The molecule has 102 valence electrons. The van der Waals surface area contributed by atoms with E-state index >= 15 is 0 Å². The normalized spacial score (nSPS) is 18.6. The van der Waals surface area contributed by atoms with Gasteiger partial charge in [0.25, 0.3) is 0 Å². The predicted molar refractivity (Wildman–Crippen MR) is 74.1 cm³/mol. The maximum atomic E-state index is 13.1. The van der Waals surface area contributed by atoms with Crippen LogP contribution >= 0.6 is 11.3 Å². The molecule has 0 aliphatic carbocycles.